The van der Waals surface area contributed by atoms with Crippen LogP contribution in [-0.2, 0) is 9.59 Å². The Labute approximate surface area is 51.7 Å². The van der Waals surface area contributed by atoms with Gasteiger partial charge in [0.2, 0.25) is 5.91 Å². The van der Waals surface area contributed by atoms with Crippen LogP contribution in [0.25, 0.3) is 0 Å². The molecule has 0 rings (SSSR count). The van der Waals surface area contributed by atoms with E-state index >= 15 is 0 Å². The second-order valence-electron chi connectivity index (χ2n) is 1.07. The zero-order chi connectivity index (χ0) is 6.57. The third-order valence-corrected chi connectivity index (χ3v) is 0.390. The number of primary amides is 1. The fraction of sp³-hybridized carbons (Fsp3) is 0. The van der Waals surface area contributed by atoms with E-state index < -0.39 is 11.9 Å². The van der Waals surface area contributed by atoms with Crippen molar-refractivity contribution in [3.8, 4) is 0 Å². The lowest BCUT2D eigenvalue weighted by atomic mass is 10.5. The Morgan fingerprint density at radius 3 is 1.89 bits per heavy atom. The SMILES string of the molecule is N.NC(=O)C=CC(=O)O. The smallest absolute Gasteiger partial charge is 0.328 e. The molecule has 0 fully saturated rings. The fourth-order valence-electron chi connectivity index (χ4n) is 0.153. The molecular weight excluding hydrogens is 124 g/mol. The molecule has 0 aromatic carbocycles. The number of carbonyl (C=O) groups is 2. The monoisotopic (exact) mass is 132 g/mol. The van der Waals surface area contributed by atoms with Gasteiger partial charge in [0.05, 0.1) is 0 Å². The van der Waals surface area contributed by atoms with Crippen molar-refractivity contribution in [3.63, 3.8) is 0 Å². The number of amides is 1. The maximum atomic E-state index is 9.78. The first-order valence-electron chi connectivity index (χ1n) is 1.83. The number of rotatable bonds is 2. The van der Waals surface area contributed by atoms with Gasteiger partial charge in [-0.1, -0.05) is 0 Å². The van der Waals surface area contributed by atoms with Crippen LogP contribution in [0.2, 0.25) is 0 Å². The van der Waals surface area contributed by atoms with Crippen LogP contribution in [0.15, 0.2) is 12.2 Å². The van der Waals surface area contributed by atoms with E-state index in [1.165, 1.54) is 0 Å². The van der Waals surface area contributed by atoms with Gasteiger partial charge in [0.25, 0.3) is 0 Å². The van der Waals surface area contributed by atoms with Crippen LogP contribution in [0.4, 0.5) is 0 Å². The van der Waals surface area contributed by atoms with Gasteiger partial charge in [-0.2, -0.15) is 0 Å². The summed E-state index contributed by atoms with van der Waals surface area (Å²) in [4.78, 5) is 19.4. The molecule has 5 heteroatoms. The molecule has 0 saturated heterocycles. The van der Waals surface area contributed by atoms with Crippen molar-refractivity contribution in [2.45, 2.75) is 0 Å². The largest absolute Gasteiger partial charge is 0.478 e. The van der Waals surface area contributed by atoms with Crippen LogP contribution in [-0.4, -0.2) is 17.0 Å². The van der Waals surface area contributed by atoms with E-state index in [1.807, 2.05) is 0 Å². The second kappa shape index (κ2) is 4.79. The van der Waals surface area contributed by atoms with E-state index in [2.05, 4.69) is 5.73 Å². The van der Waals surface area contributed by atoms with E-state index in [4.69, 9.17) is 5.11 Å². The molecule has 0 unspecified atom stereocenters. The van der Waals surface area contributed by atoms with Gasteiger partial charge in [-0.3, -0.25) is 4.79 Å². The predicted octanol–water partition coefficient (Wildman–Crippen LogP) is -0.726. The number of hydrogen-bond acceptors (Lipinski definition) is 3. The summed E-state index contributed by atoms with van der Waals surface area (Å²) in [5, 5.41) is 7.87. The van der Waals surface area contributed by atoms with Crippen molar-refractivity contribution in [2.24, 2.45) is 5.73 Å². The van der Waals surface area contributed by atoms with Crippen LogP contribution < -0.4 is 11.9 Å². The number of hydrogen-bond donors (Lipinski definition) is 3. The maximum Gasteiger partial charge on any atom is 0.328 e. The van der Waals surface area contributed by atoms with Gasteiger partial charge in [0, 0.05) is 12.2 Å². The van der Waals surface area contributed by atoms with Crippen LogP contribution in [0, 0.1) is 0 Å². The van der Waals surface area contributed by atoms with Crippen LogP contribution in [0.3, 0.4) is 0 Å². The topological polar surface area (TPSA) is 115 Å². The molecule has 9 heavy (non-hydrogen) atoms. The molecule has 0 aliphatic carbocycles. The normalized spacial score (nSPS) is 8.44. The molecule has 6 N–H and O–H groups in total. The fourth-order valence-corrected chi connectivity index (χ4v) is 0.153. The molecule has 0 bridgehead atoms. The summed E-state index contributed by atoms with van der Waals surface area (Å²) in [6.07, 6.45) is 1.46. The Bertz CT molecular complexity index is 125. The number of carbonyl (C=O) groups excluding carboxylic acids is 1. The van der Waals surface area contributed by atoms with Crippen LogP contribution >= 0.6 is 0 Å². The van der Waals surface area contributed by atoms with E-state index in [0.717, 1.165) is 6.08 Å². The summed E-state index contributed by atoms with van der Waals surface area (Å²) in [5.74, 6) is -1.93. The summed E-state index contributed by atoms with van der Waals surface area (Å²) in [5.41, 5.74) is 4.55. The molecule has 5 nitrogen and oxygen atoms in total. The summed E-state index contributed by atoms with van der Waals surface area (Å²) >= 11 is 0. The van der Waals surface area contributed by atoms with Gasteiger partial charge in [-0.05, 0) is 0 Å². The van der Waals surface area contributed by atoms with Crippen molar-refractivity contribution < 1.29 is 14.7 Å². The number of aliphatic carboxylic acids is 1. The molecule has 1 amide bonds. The summed E-state index contributed by atoms with van der Waals surface area (Å²) in [7, 11) is 0. The summed E-state index contributed by atoms with van der Waals surface area (Å²) < 4.78 is 0. The minimum absolute atomic E-state index is 0. The summed E-state index contributed by atoms with van der Waals surface area (Å²) in [6.45, 7) is 0. The Kier molecular flexibility index (Phi) is 5.64. The minimum atomic E-state index is -1.18. The van der Waals surface area contributed by atoms with Gasteiger partial charge in [0.1, 0.15) is 0 Å². The highest BCUT2D eigenvalue weighted by molar-refractivity contribution is 5.92. The van der Waals surface area contributed by atoms with E-state index in [1.54, 1.807) is 0 Å². The van der Waals surface area contributed by atoms with E-state index in [9.17, 15) is 9.59 Å². The lowest BCUT2D eigenvalue weighted by Gasteiger charge is -1.75. The molecule has 0 aliphatic rings. The van der Waals surface area contributed by atoms with E-state index in [0.29, 0.717) is 6.08 Å². The Hall–Kier alpha value is -1.36. The van der Waals surface area contributed by atoms with Gasteiger partial charge in [-0.15, -0.1) is 0 Å². The third kappa shape index (κ3) is 10.8. The predicted molar refractivity (Wildman–Crippen MR) is 31.0 cm³/mol. The molecule has 0 radical (unpaired) electrons. The van der Waals surface area contributed by atoms with Crippen molar-refractivity contribution in [3.05, 3.63) is 12.2 Å². The van der Waals surface area contributed by atoms with Crippen molar-refractivity contribution in [1.29, 1.82) is 0 Å². The molecule has 0 aliphatic heterocycles. The lowest BCUT2D eigenvalue weighted by Crippen LogP contribution is -2.06. The Morgan fingerprint density at radius 2 is 1.78 bits per heavy atom. The molecule has 0 aromatic rings. The van der Waals surface area contributed by atoms with Gasteiger partial charge in [-0.25, -0.2) is 4.79 Å². The molecule has 0 saturated carbocycles. The average Bonchev–Trinajstić information content (AvgIpc) is 1.61. The van der Waals surface area contributed by atoms with Crippen molar-refractivity contribution in [2.75, 3.05) is 0 Å². The number of carboxylic acids is 1. The molecule has 52 valence electrons. The molecule has 0 heterocycles. The zero-order valence-electron chi connectivity index (χ0n) is 4.70. The zero-order valence-corrected chi connectivity index (χ0v) is 4.70. The summed E-state index contributed by atoms with van der Waals surface area (Å²) in [6, 6.07) is 0. The Morgan fingerprint density at radius 1 is 1.33 bits per heavy atom. The quantitative estimate of drug-likeness (QED) is 0.429. The highest BCUT2D eigenvalue weighted by atomic mass is 16.4. The van der Waals surface area contributed by atoms with Crippen LogP contribution in [0.1, 0.15) is 0 Å². The van der Waals surface area contributed by atoms with Crippen molar-refractivity contribution in [1.82, 2.24) is 6.15 Å². The first-order valence-corrected chi connectivity index (χ1v) is 1.83. The van der Waals surface area contributed by atoms with Gasteiger partial charge < -0.3 is 17.0 Å². The minimum Gasteiger partial charge on any atom is -0.478 e. The first kappa shape index (κ1) is 10.6. The van der Waals surface area contributed by atoms with Crippen molar-refractivity contribution >= 4 is 11.9 Å². The molecule has 0 spiro atoms. The number of nitrogens with two attached hydrogens (primary N) is 1. The van der Waals surface area contributed by atoms with E-state index in [-0.39, 0.29) is 6.15 Å². The van der Waals surface area contributed by atoms with Crippen LogP contribution in [0.5, 0.6) is 0 Å². The maximum absolute atomic E-state index is 9.78. The molecular formula is C4H8N2O3. The Balaban J connectivity index is 0. The van der Waals surface area contributed by atoms with Gasteiger partial charge >= 0.3 is 5.97 Å². The number of carboxylic acid groups (broad SMARTS) is 1. The second-order valence-corrected chi connectivity index (χ2v) is 1.07. The highest BCUT2D eigenvalue weighted by Crippen LogP contribution is 1.68. The highest BCUT2D eigenvalue weighted by Gasteiger charge is 1.86. The average molecular weight is 132 g/mol. The lowest BCUT2D eigenvalue weighted by molar-refractivity contribution is -0.131. The standard InChI is InChI=1S/C4H5NO3.H3N/c5-3(6)1-2-4(7)8;/h1-2H,(H2,5,6)(H,7,8);1H3. The first-order chi connectivity index (χ1) is 3.63. The third-order valence-electron chi connectivity index (χ3n) is 0.390. The molecule has 0 aromatic heterocycles. The van der Waals surface area contributed by atoms with Gasteiger partial charge in [0.15, 0.2) is 0 Å². The molecule has 0 atom stereocenters.